The Morgan fingerprint density at radius 2 is 1.78 bits per heavy atom. The van der Waals surface area contributed by atoms with Gasteiger partial charge in [-0.1, -0.05) is 24.3 Å². The second-order valence-corrected chi connectivity index (χ2v) is 9.11. The van der Waals surface area contributed by atoms with Crippen LogP contribution in [0.4, 0.5) is 0 Å². The van der Waals surface area contributed by atoms with Crippen molar-refractivity contribution in [3.63, 3.8) is 0 Å². The highest BCUT2D eigenvalue weighted by atomic mass is 32.1. The molecule has 0 bridgehead atoms. The molecule has 0 unspecified atom stereocenters. The molecule has 184 valence electrons. The van der Waals surface area contributed by atoms with Gasteiger partial charge in [0.25, 0.3) is 5.91 Å². The lowest BCUT2D eigenvalue weighted by atomic mass is 9.77. The zero-order chi connectivity index (χ0) is 25.1. The second kappa shape index (κ2) is 10.4. The van der Waals surface area contributed by atoms with Crippen molar-refractivity contribution in [1.29, 1.82) is 0 Å². The van der Waals surface area contributed by atoms with E-state index in [-0.39, 0.29) is 22.8 Å². The largest absolute Gasteiger partial charge is 0.497 e. The zero-order valence-corrected chi connectivity index (χ0v) is 21.0. The molecule has 1 aliphatic carbocycles. The molecule has 1 N–H and O–H groups in total. The Kier molecular flexibility index (Phi) is 6.86. The predicted molar refractivity (Wildman–Crippen MR) is 142 cm³/mol. The Bertz CT molecular complexity index is 1300. The van der Waals surface area contributed by atoms with E-state index in [0.29, 0.717) is 0 Å². The number of amides is 1. The van der Waals surface area contributed by atoms with Crippen molar-refractivity contribution in [2.75, 3.05) is 14.2 Å². The number of hydrogen-bond acceptors (Lipinski definition) is 6. The highest BCUT2D eigenvalue weighted by molar-refractivity contribution is 7.80. The molecule has 7 nitrogen and oxygen atoms in total. The summed E-state index contributed by atoms with van der Waals surface area (Å²) in [5, 5.41) is 9.80. The molecule has 0 spiro atoms. The fraction of sp³-hybridized carbons (Fsp3) is 0.250. The number of carbonyl (C=O) groups is 1. The zero-order valence-electron chi connectivity index (χ0n) is 20.1. The molecular weight excluding hydrogens is 474 g/mol. The molecule has 2 aliphatic rings. The molecular formula is C28H27N3O4S. The van der Waals surface area contributed by atoms with Gasteiger partial charge >= 0.3 is 0 Å². The summed E-state index contributed by atoms with van der Waals surface area (Å²) in [6, 6.07) is 19.1. The van der Waals surface area contributed by atoms with Crippen LogP contribution >= 0.6 is 12.2 Å². The number of allylic oxidation sites excluding steroid dienone is 1. The maximum absolute atomic E-state index is 12.7. The predicted octanol–water partition coefficient (Wildman–Crippen LogP) is 5.61. The second-order valence-electron chi connectivity index (χ2n) is 8.73. The fourth-order valence-electron chi connectivity index (χ4n) is 4.83. The molecule has 2 heterocycles. The molecule has 0 saturated heterocycles. The van der Waals surface area contributed by atoms with Crippen LogP contribution in [0, 0.1) is 5.92 Å². The monoisotopic (exact) mass is 501 g/mol. The summed E-state index contributed by atoms with van der Waals surface area (Å²) >= 11 is 5.70. The van der Waals surface area contributed by atoms with Gasteiger partial charge in [0.1, 0.15) is 11.5 Å². The van der Waals surface area contributed by atoms with Gasteiger partial charge < -0.3 is 13.9 Å². The lowest BCUT2D eigenvalue weighted by molar-refractivity contribution is 0.0944. The van der Waals surface area contributed by atoms with Crippen molar-refractivity contribution in [3.05, 3.63) is 89.4 Å². The van der Waals surface area contributed by atoms with Gasteiger partial charge in [-0.15, -0.1) is 0 Å². The van der Waals surface area contributed by atoms with Crippen LogP contribution in [0.5, 0.6) is 11.5 Å². The summed E-state index contributed by atoms with van der Waals surface area (Å²) < 4.78 is 15.9. The van der Waals surface area contributed by atoms with E-state index in [1.807, 2.05) is 48.5 Å². The number of hydrogen-bond donors (Lipinski definition) is 1. The molecule has 1 aromatic heterocycles. The summed E-state index contributed by atoms with van der Waals surface area (Å²) in [5.41, 5.74) is 4.33. The number of carbonyl (C=O) groups excluding carboxylic acids is 1. The Hall–Kier alpha value is -3.91. The van der Waals surface area contributed by atoms with Crippen LogP contribution in [0.1, 0.15) is 47.0 Å². The van der Waals surface area contributed by atoms with E-state index in [1.54, 1.807) is 31.4 Å². The number of fused-ring (bicyclic) bond motifs is 1. The number of benzene rings is 2. The van der Waals surface area contributed by atoms with Gasteiger partial charge in [0, 0.05) is 5.92 Å². The number of rotatable bonds is 5. The Balaban J connectivity index is 1.49. The molecule has 2 atom stereocenters. The van der Waals surface area contributed by atoms with Crippen LogP contribution in [-0.2, 0) is 0 Å². The van der Waals surface area contributed by atoms with Gasteiger partial charge in [-0.05, 0) is 90.7 Å². The van der Waals surface area contributed by atoms with E-state index in [0.717, 1.165) is 47.6 Å². The number of hydrazone groups is 1. The van der Waals surface area contributed by atoms with Gasteiger partial charge in [0.15, 0.2) is 10.9 Å². The van der Waals surface area contributed by atoms with Crippen LogP contribution in [0.3, 0.4) is 0 Å². The number of thiocarbonyl (C=S) groups is 1. The lowest BCUT2D eigenvalue weighted by Gasteiger charge is -2.30. The van der Waals surface area contributed by atoms with E-state index < -0.39 is 5.91 Å². The molecule has 1 saturated carbocycles. The summed E-state index contributed by atoms with van der Waals surface area (Å²) in [4.78, 5) is 12.7. The first kappa shape index (κ1) is 23.8. The average molecular weight is 502 g/mol. The van der Waals surface area contributed by atoms with Crippen LogP contribution in [0.2, 0.25) is 0 Å². The first-order valence-corrected chi connectivity index (χ1v) is 12.2. The third kappa shape index (κ3) is 4.77. The molecule has 0 radical (unpaired) electrons. The number of nitrogens with one attached hydrogen (secondary N) is 1. The number of nitrogens with zero attached hydrogens (tertiary/aromatic N) is 2. The Labute approximate surface area is 215 Å². The minimum atomic E-state index is -0.400. The van der Waals surface area contributed by atoms with Crippen LogP contribution in [-0.4, -0.2) is 36.0 Å². The van der Waals surface area contributed by atoms with Crippen molar-refractivity contribution in [2.45, 2.75) is 25.3 Å². The first-order valence-electron chi connectivity index (χ1n) is 11.8. The maximum atomic E-state index is 12.7. The Morgan fingerprint density at radius 3 is 2.42 bits per heavy atom. The van der Waals surface area contributed by atoms with E-state index in [1.165, 1.54) is 11.8 Å². The minimum absolute atomic E-state index is 0.134. The number of methoxy groups -OCH3 is 2. The molecule has 1 amide bonds. The van der Waals surface area contributed by atoms with Crippen molar-refractivity contribution in [2.24, 2.45) is 11.0 Å². The molecule has 1 aliphatic heterocycles. The van der Waals surface area contributed by atoms with Gasteiger partial charge in [0.05, 0.1) is 32.2 Å². The SMILES string of the molecule is COc1ccc(/C=C2/CCC[C@@H]3C2=NN(C(=S)NC(=O)c2ccco2)[C@H]3c2ccc(OC)cc2)cc1. The van der Waals surface area contributed by atoms with Gasteiger partial charge in [-0.25, -0.2) is 5.01 Å². The van der Waals surface area contributed by atoms with E-state index in [2.05, 4.69) is 11.4 Å². The summed E-state index contributed by atoms with van der Waals surface area (Å²) in [6.07, 6.45) is 6.58. The van der Waals surface area contributed by atoms with Crippen molar-refractivity contribution in [3.8, 4) is 11.5 Å². The fourth-order valence-corrected chi connectivity index (χ4v) is 5.07. The Morgan fingerprint density at radius 1 is 1.08 bits per heavy atom. The van der Waals surface area contributed by atoms with E-state index >= 15 is 0 Å². The van der Waals surface area contributed by atoms with E-state index in [9.17, 15) is 4.79 Å². The van der Waals surface area contributed by atoms with Gasteiger partial charge in [-0.2, -0.15) is 5.10 Å². The van der Waals surface area contributed by atoms with Gasteiger partial charge in [0.2, 0.25) is 0 Å². The quantitative estimate of drug-likeness (QED) is 0.458. The molecule has 36 heavy (non-hydrogen) atoms. The standard InChI is InChI=1S/C28H27N3O4S/c1-33-21-12-8-18(9-13-21)17-20-5-3-6-23-25(20)30-31(26(23)19-10-14-22(34-2)15-11-19)28(36)29-27(32)24-7-4-16-35-24/h4,7-17,23,26H,3,5-6H2,1-2H3,(H,29,32,36)/b20-17-/t23-,26+/m1/s1. The van der Waals surface area contributed by atoms with Crippen LogP contribution < -0.4 is 14.8 Å². The first-order chi connectivity index (χ1) is 17.6. The molecule has 3 aromatic rings. The van der Waals surface area contributed by atoms with Crippen molar-refractivity contribution >= 4 is 35.0 Å². The summed E-state index contributed by atoms with van der Waals surface area (Å²) in [7, 11) is 3.31. The van der Waals surface area contributed by atoms with E-state index in [4.69, 9.17) is 31.2 Å². The molecule has 8 heteroatoms. The van der Waals surface area contributed by atoms with Gasteiger partial charge in [-0.3, -0.25) is 10.1 Å². The van der Waals surface area contributed by atoms with Crippen molar-refractivity contribution < 1.29 is 18.7 Å². The highest BCUT2D eigenvalue weighted by Gasteiger charge is 2.43. The molecule has 2 aromatic carbocycles. The number of furan rings is 1. The van der Waals surface area contributed by atoms with Crippen LogP contribution in [0.25, 0.3) is 6.08 Å². The third-order valence-electron chi connectivity index (χ3n) is 6.59. The summed E-state index contributed by atoms with van der Waals surface area (Å²) in [6.45, 7) is 0. The number of ether oxygens (including phenoxy) is 2. The smallest absolute Gasteiger partial charge is 0.293 e. The molecule has 5 rings (SSSR count). The minimum Gasteiger partial charge on any atom is -0.497 e. The maximum Gasteiger partial charge on any atom is 0.293 e. The third-order valence-corrected chi connectivity index (χ3v) is 6.88. The van der Waals surface area contributed by atoms with Crippen LogP contribution in [0.15, 0.2) is 82.0 Å². The average Bonchev–Trinajstić information content (AvgIpc) is 3.58. The van der Waals surface area contributed by atoms with Crippen molar-refractivity contribution in [1.82, 2.24) is 10.3 Å². The normalized spacial score (nSPS) is 20.0. The summed E-state index contributed by atoms with van der Waals surface area (Å²) in [5.74, 6) is 1.53. The lowest BCUT2D eigenvalue weighted by Crippen LogP contribution is -2.41. The molecule has 1 fully saturated rings. The topological polar surface area (TPSA) is 76.3 Å². The highest BCUT2D eigenvalue weighted by Crippen LogP contribution is 2.44.